The van der Waals surface area contributed by atoms with Crippen molar-refractivity contribution in [2.45, 2.75) is 46.1 Å². The molecule has 0 aromatic heterocycles. The van der Waals surface area contributed by atoms with Crippen LogP contribution in [0.25, 0.3) is 0 Å². The standard InChI is InChI=1S/C16H24N2S/c1-4-7-13-8-5-6-9-15(13)18-16-17-14(12(2)3)10-11-19-16/h5-6,8-9,12,14H,4,7,10-11H2,1-3H3,(H,17,18). The highest BCUT2D eigenvalue weighted by atomic mass is 32.2. The minimum Gasteiger partial charge on any atom is -0.335 e. The van der Waals surface area contributed by atoms with Crippen molar-refractivity contribution >= 4 is 22.6 Å². The molecule has 3 heteroatoms. The zero-order chi connectivity index (χ0) is 13.7. The fourth-order valence-electron chi connectivity index (χ4n) is 2.32. The van der Waals surface area contributed by atoms with Gasteiger partial charge < -0.3 is 5.32 Å². The Morgan fingerprint density at radius 1 is 1.37 bits per heavy atom. The molecule has 2 rings (SSSR count). The molecule has 19 heavy (non-hydrogen) atoms. The van der Waals surface area contributed by atoms with Gasteiger partial charge in [0.25, 0.3) is 0 Å². The first-order valence-electron chi connectivity index (χ1n) is 7.26. The van der Waals surface area contributed by atoms with Gasteiger partial charge in [-0.05, 0) is 30.4 Å². The molecule has 0 aliphatic carbocycles. The van der Waals surface area contributed by atoms with Gasteiger partial charge in [0.15, 0.2) is 5.17 Å². The summed E-state index contributed by atoms with van der Waals surface area (Å²) in [5.41, 5.74) is 2.61. The second-order valence-corrected chi connectivity index (χ2v) is 6.50. The number of anilines is 1. The molecule has 0 saturated heterocycles. The van der Waals surface area contributed by atoms with E-state index in [0.717, 1.165) is 11.6 Å². The third-order valence-electron chi connectivity index (χ3n) is 3.48. The van der Waals surface area contributed by atoms with E-state index in [1.807, 2.05) is 11.8 Å². The highest BCUT2D eigenvalue weighted by Crippen LogP contribution is 2.25. The summed E-state index contributed by atoms with van der Waals surface area (Å²) in [4.78, 5) is 4.85. The number of hydrogen-bond acceptors (Lipinski definition) is 3. The van der Waals surface area contributed by atoms with Crippen molar-refractivity contribution in [1.29, 1.82) is 0 Å². The Balaban J connectivity index is 2.12. The lowest BCUT2D eigenvalue weighted by molar-refractivity contribution is 0.485. The van der Waals surface area contributed by atoms with Crippen LogP contribution in [0.2, 0.25) is 0 Å². The van der Waals surface area contributed by atoms with Crippen LogP contribution in [-0.4, -0.2) is 17.0 Å². The van der Waals surface area contributed by atoms with Crippen molar-refractivity contribution in [3.8, 4) is 0 Å². The molecule has 2 nitrogen and oxygen atoms in total. The van der Waals surface area contributed by atoms with E-state index in [1.165, 1.54) is 29.8 Å². The van der Waals surface area contributed by atoms with E-state index < -0.39 is 0 Å². The van der Waals surface area contributed by atoms with Crippen LogP contribution in [0.3, 0.4) is 0 Å². The van der Waals surface area contributed by atoms with Crippen LogP contribution in [0.1, 0.15) is 39.2 Å². The van der Waals surface area contributed by atoms with E-state index in [0.29, 0.717) is 12.0 Å². The Labute approximate surface area is 121 Å². The van der Waals surface area contributed by atoms with Crippen LogP contribution in [0.4, 0.5) is 5.69 Å². The topological polar surface area (TPSA) is 24.4 Å². The molecule has 1 N–H and O–H groups in total. The number of rotatable bonds is 4. The molecule has 0 radical (unpaired) electrons. The number of aliphatic imine (C=N–C) groups is 1. The first-order chi connectivity index (χ1) is 9.20. The average molecular weight is 276 g/mol. The van der Waals surface area contributed by atoms with Gasteiger partial charge in [0.1, 0.15) is 0 Å². The molecule has 1 aliphatic heterocycles. The van der Waals surface area contributed by atoms with E-state index in [-0.39, 0.29) is 0 Å². The van der Waals surface area contributed by atoms with E-state index in [1.54, 1.807) is 0 Å². The number of para-hydroxylation sites is 1. The molecule has 104 valence electrons. The van der Waals surface area contributed by atoms with E-state index in [2.05, 4.69) is 50.4 Å². The molecular weight excluding hydrogens is 252 g/mol. The van der Waals surface area contributed by atoms with Gasteiger partial charge in [-0.25, -0.2) is 0 Å². The Morgan fingerprint density at radius 3 is 2.89 bits per heavy atom. The number of nitrogens with one attached hydrogen (secondary N) is 1. The van der Waals surface area contributed by atoms with Crippen LogP contribution >= 0.6 is 11.8 Å². The quantitative estimate of drug-likeness (QED) is 0.871. The van der Waals surface area contributed by atoms with Crippen molar-refractivity contribution < 1.29 is 0 Å². The lowest BCUT2D eigenvalue weighted by Crippen LogP contribution is -2.24. The molecule has 1 heterocycles. The van der Waals surface area contributed by atoms with Crippen LogP contribution in [0, 0.1) is 5.92 Å². The molecule has 0 saturated carbocycles. The van der Waals surface area contributed by atoms with Crippen LogP contribution < -0.4 is 5.32 Å². The molecule has 1 unspecified atom stereocenters. The summed E-state index contributed by atoms with van der Waals surface area (Å²) in [6, 6.07) is 9.05. The number of benzene rings is 1. The van der Waals surface area contributed by atoms with Gasteiger partial charge >= 0.3 is 0 Å². The minimum atomic E-state index is 0.474. The Bertz CT molecular complexity index is 440. The molecule has 1 atom stereocenters. The van der Waals surface area contributed by atoms with Crippen LogP contribution in [0.15, 0.2) is 29.3 Å². The first kappa shape index (κ1) is 14.4. The molecule has 0 spiro atoms. The van der Waals surface area contributed by atoms with Gasteiger partial charge in [-0.15, -0.1) is 0 Å². The number of hydrogen-bond donors (Lipinski definition) is 1. The van der Waals surface area contributed by atoms with E-state index in [9.17, 15) is 0 Å². The van der Waals surface area contributed by atoms with Gasteiger partial charge in [0, 0.05) is 11.4 Å². The van der Waals surface area contributed by atoms with Gasteiger partial charge in [-0.3, -0.25) is 4.99 Å². The molecule has 0 fully saturated rings. The summed E-state index contributed by atoms with van der Waals surface area (Å²) in [5.74, 6) is 1.80. The monoisotopic (exact) mass is 276 g/mol. The van der Waals surface area contributed by atoms with Crippen molar-refractivity contribution in [3.05, 3.63) is 29.8 Å². The highest BCUT2D eigenvalue weighted by Gasteiger charge is 2.18. The summed E-state index contributed by atoms with van der Waals surface area (Å²) in [5, 5.41) is 4.62. The smallest absolute Gasteiger partial charge is 0.161 e. The Kier molecular flexibility index (Phi) is 5.32. The zero-order valence-corrected chi connectivity index (χ0v) is 13.0. The van der Waals surface area contributed by atoms with Gasteiger partial charge in [0.05, 0.1) is 6.04 Å². The second-order valence-electron chi connectivity index (χ2n) is 5.41. The van der Waals surface area contributed by atoms with Crippen LogP contribution in [-0.2, 0) is 6.42 Å². The van der Waals surface area contributed by atoms with Gasteiger partial charge in [-0.2, -0.15) is 0 Å². The fourth-order valence-corrected chi connectivity index (χ4v) is 3.27. The van der Waals surface area contributed by atoms with E-state index in [4.69, 9.17) is 4.99 Å². The summed E-state index contributed by atoms with van der Waals surface area (Å²) in [6.07, 6.45) is 3.49. The summed E-state index contributed by atoms with van der Waals surface area (Å²) in [6.45, 7) is 6.73. The fraction of sp³-hybridized carbons (Fsp3) is 0.562. The molecule has 1 aromatic carbocycles. The summed E-state index contributed by atoms with van der Waals surface area (Å²) < 4.78 is 0. The average Bonchev–Trinajstić information content (AvgIpc) is 2.41. The van der Waals surface area contributed by atoms with Gasteiger partial charge in [-0.1, -0.05) is 57.2 Å². The van der Waals surface area contributed by atoms with Gasteiger partial charge in [0.2, 0.25) is 0 Å². The summed E-state index contributed by atoms with van der Waals surface area (Å²) >= 11 is 1.84. The number of aryl methyl sites for hydroxylation is 1. The normalized spacial score (nSPS) is 19.4. The second kappa shape index (κ2) is 6.99. The highest BCUT2D eigenvalue weighted by molar-refractivity contribution is 8.14. The molecule has 0 bridgehead atoms. The van der Waals surface area contributed by atoms with Crippen molar-refractivity contribution in [2.24, 2.45) is 10.9 Å². The van der Waals surface area contributed by atoms with Crippen molar-refractivity contribution in [2.75, 3.05) is 11.1 Å². The Morgan fingerprint density at radius 2 is 2.16 bits per heavy atom. The molecule has 0 amide bonds. The summed E-state index contributed by atoms with van der Waals surface area (Å²) in [7, 11) is 0. The number of nitrogens with zero attached hydrogens (tertiary/aromatic N) is 1. The molecule has 1 aromatic rings. The minimum absolute atomic E-state index is 0.474. The zero-order valence-electron chi connectivity index (χ0n) is 12.1. The maximum absolute atomic E-state index is 4.85. The maximum atomic E-state index is 4.85. The third kappa shape index (κ3) is 4.00. The predicted molar refractivity (Wildman–Crippen MR) is 87.2 cm³/mol. The van der Waals surface area contributed by atoms with E-state index >= 15 is 0 Å². The number of amidine groups is 1. The maximum Gasteiger partial charge on any atom is 0.161 e. The molecular formula is C16H24N2S. The SMILES string of the molecule is CCCc1ccccc1NC1=NC(C(C)C)CCS1. The predicted octanol–water partition coefficient (Wildman–Crippen LogP) is 4.57. The van der Waals surface area contributed by atoms with Crippen molar-refractivity contribution in [3.63, 3.8) is 0 Å². The Hall–Kier alpha value is -0.960. The molecule has 1 aliphatic rings. The largest absolute Gasteiger partial charge is 0.335 e. The first-order valence-corrected chi connectivity index (χ1v) is 8.24. The van der Waals surface area contributed by atoms with Crippen LogP contribution in [0.5, 0.6) is 0 Å². The lowest BCUT2D eigenvalue weighted by atomic mass is 10.0. The number of thioether (sulfide) groups is 1. The third-order valence-corrected chi connectivity index (χ3v) is 4.40. The lowest BCUT2D eigenvalue weighted by Gasteiger charge is -2.24. The van der Waals surface area contributed by atoms with Crippen molar-refractivity contribution in [1.82, 2.24) is 0 Å².